The van der Waals surface area contributed by atoms with E-state index in [1.54, 1.807) is 12.1 Å². The van der Waals surface area contributed by atoms with Gasteiger partial charge < -0.3 is 0 Å². The Morgan fingerprint density at radius 2 is 2.14 bits per heavy atom. The summed E-state index contributed by atoms with van der Waals surface area (Å²) in [4.78, 5) is 50.5. The van der Waals surface area contributed by atoms with E-state index < -0.39 is 17.4 Å². The maximum atomic E-state index is 12.5. The van der Waals surface area contributed by atoms with Gasteiger partial charge in [0, 0.05) is 24.4 Å². The van der Waals surface area contributed by atoms with Crippen LogP contribution in [0, 0.1) is 0 Å². The first-order chi connectivity index (χ1) is 10.1. The minimum atomic E-state index is -0.695. The fraction of sp³-hybridized carbons (Fsp3) is 0.214. The Kier molecular flexibility index (Phi) is 3.09. The molecule has 1 fully saturated rings. The van der Waals surface area contributed by atoms with Crippen LogP contribution in [0.2, 0.25) is 0 Å². The van der Waals surface area contributed by atoms with Crippen molar-refractivity contribution in [1.82, 2.24) is 14.7 Å². The van der Waals surface area contributed by atoms with Crippen molar-refractivity contribution in [3.05, 3.63) is 46.0 Å². The van der Waals surface area contributed by atoms with E-state index in [2.05, 4.69) is 10.3 Å². The molecule has 1 aliphatic rings. The number of aromatic nitrogens is 2. The summed E-state index contributed by atoms with van der Waals surface area (Å²) in [7, 11) is 0. The van der Waals surface area contributed by atoms with Crippen molar-refractivity contribution in [3.63, 3.8) is 0 Å². The molecule has 1 aliphatic heterocycles. The predicted molar refractivity (Wildman–Crippen MR) is 72.0 cm³/mol. The molecule has 2 aromatic rings. The van der Waals surface area contributed by atoms with Crippen molar-refractivity contribution < 1.29 is 14.4 Å². The monoisotopic (exact) mass is 285 g/mol. The quantitative estimate of drug-likeness (QED) is 0.620. The van der Waals surface area contributed by atoms with Gasteiger partial charge in [-0.05, 0) is 18.6 Å². The number of carbonyl (C=O) groups excluding carboxylic acids is 3. The molecular formula is C14H11N3O4. The number of amides is 2. The summed E-state index contributed by atoms with van der Waals surface area (Å²) in [5, 5.41) is 2.22. The topological polar surface area (TPSA) is 97.6 Å². The van der Waals surface area contributed by atoms with E-state index in [0.717, 1.165) is 0 Å². The fourth-order valence-corrected chi connectivity index (χ4v) is 2.46. The summed E-state index contributed by atoms with van der Waals surface area (Å²) in [5.41, 5.74) is 0.358. The van der Waals surface area contributed by atoms with Crippen molar-refractivity contribution >= 4 is 23.7 Å². The van der Waals surface area contributed by atoms with Gasteiger partial charge in [-0.2, -0.15) is 0 Å². The second kappa shape index (κ2) is 4.93. The highest BCUT2D eigenvalue weighted by molar-refractivity contribution is 6.00. The molecule has 7 heteroatoms. The van der Waals surface area contributed by atoms with Gasteiger partial charge in [0.25, 0.3) is 5.56 Å². The molecule has 0 spiro atoms. The van der Waals surface area contributed by atoms with Crippen LogP contribution in [0.3, 0.4) is 0 Å². The molecule has 1 N–H and O–H groups in total. The number of imide groups is 1. The number of hydrogen-bond acceptors (Lipinski definition) is 5. The van der Waals surface area contributed by atoms with Crippen LogP contribution in [0.4, 0.5) is 0 Å². The van der Waals surface area contributed by atoms with E-state index in [9.17, 15) is 19.2 Å². The molecule has 0 saturated carbocycles. The lowest BCUT2D eigenvalue weighted by atomic mass is 9.92. The molecular weight excluding hydrogens is 274 g/mol. The summed E-state index contributed by atoms with van der Waals surface area (Å²) < 4.78 is 1.24. The first-order valence-corrected chi connectivity index (χ1v) is 6.41. The number of carbonyl (C=O) groups is 3. The van der Waals surface area contributed by atoms with Gasteiger partial charge in [-0.15, -0.1) is 0 Å². The van der Waals surface area contributed by atoms with E-state index in [1.165, 1.54) is 16.8 Å². The lowest BCUT2D eigenvalue weighted by molar-refractivity contribution is -0.134. The maximum Gasteiger partial charge on any atom is 0.261 e. The van der Waals surface area contributed by atoms with Crippen LogP contribution in [0.5, 0.6) is 0 Å². The third-order valence-electron chi connectivity index (χ3n) is 3.53. The molecule has 3 rings (SSSR count). The summed E-state index contributed by atoms with van der Waals surface area (Å²) in [6.07, 6.45) is 3.89. The van der Waals surface area contributed by atoms with Crippen LogP contribution < -0.4 is 10.9 Å². The zero-order valence-electron chi connectivity index (χ0n) is 10.9. The smallest absolute Gasteiger partial charge is 0.261 e. The van der Waals surface area contributed by atoms with Gasteiger partial charge in [-0.1, -0.05) is 0 Å². The Labute approximate surface area is 118 Å². The number of rotatable bonds is 2. The van der Waals surface area contributed by atoms with E-state index in [4.69, 9.17) is 0 Å². The average molecular weight is 285 g/mol. The van der Waals surface area contributed by atoms with Crippen LogP contribution >= 0.6 is 0 Å². The van der Waals surface area contributed by atoms with Crippen molar-refractivity contribution in [2.45, 2.75) is 18.8 Å². The third-order valence-corrected chi connectivity index (χ3v) is 3.53. The predicted octanol–water partition coefficient (Wildman–Crippen LogP) is 0.0272. The van der Waals surface area contributed by atoms with Gasteiger partial charge in [0.05, 0.1) is 11.5 Å². The van der Waals surface area contributed by atoms with Gasteiger partial charge in [-0.3, -0.25) is 28.9 Å². The Hall–Kier alpha value is -2.83. The molecule has 1 atom stereocenters. The van der Waals surface area contributed by atoms with Gasteiger partial charge in [0.1, 0.15) is 5.65 Å². The maximum absolute atomic E-state index is 12.5. The summed E-state index contributed by atoms with van der Waals surface area (Å²) in [5.74, 6) is -1.52. The average Bonchev–Trinajstić information content (AvgIpc) is 2.48. The van der Waals surface area contributed by atoms with Crippen LogP contribution in [0.15, 0.2) is 29.3 Å². The Bertz CT molecular complexity index is 825. The molecule has 2 amide bonds. The molecule has 1 unspecified atom stereocenters. The Morgan fingerprint density at radius 1 is 1.33 bits per heavy atom. The van der Waals surface area contributed by atoms with Crippen molar-refractivity contribution in [2.24, 2.45) is 0 Å². The number of nitrogens with one attached hydrogen (secondary N) is 1. The highest BCUT2D eigenvalue weighted by atomic mass is 16.2. The van der Waals surface area contributed by atoms with Gasteiger partial charge >= 0.3 is 0 Å². The zero-order valence-corrected chi connectivity index (χ0v) is 10.9. The number of pyridine rings is 1. The first-order valence-electron chi connectivity index (χ1n) is 6.41. The minimum absolute atomic E-state index is 0.187. The summed E-state index contributed by atoms with van der Waals surface area (Å²) in [6, 6.07) is 3.12. The van der Waals surface area contributed by atoms with Gasteiger partial charge in [0.15, 0.2) is 6.29 Å². The molecule has 3 heterocycles. The Morgan fingerprint density at radius 3 is 2.86 bits per heavy atom. The summed E-state index contributed by atoms with van der Waals surface area (Å²) >= 11 is 0. The minimum Gasteiger partial charge on any atom is -0.298 e. The lowest BCUT2D eigenvalue weighted by Crippen LogP contribution is -2.41. The van der Waals surface area contributed by atoms with E-state index in [1.807, 2.05) is 0 Å². The van der Waals surface area contributed by atoms with E-state index in [-0.39, 0.29) is 30.0 Å². The van der Waals surface area contributed by atoms with E-state index >= 15 is 0 Å². The first kappa shape index (κ1) is 13.2. The second-order valence-electron chi connectivity index (χ2n) is 4.80. The molecule has 0 aliphatic carbocycles. The van der Waals surface area contributed by atoms with E-state index in [0.29, 0.717) is 11.8 Å². The number of aldehydes is 1. The fourth-order valence-electron chi connectivity index (χ4n) is 2.46. The molecule has 106 valence electrons. The van der Waals surface area contributed by atoms with Gasteiger partial charge in [0.2, 0.25) is 11.8 Å². The number of hydrogen-bond donors (Lipinski definition) is 1. The van der Waals surface area contributed by atoms with Crippen LogP contribution in [0.1, 0.15) is 34.7 Å². The largest absolute Gasteiger partial charge is 0.298 e. The van der Waals surface area contributed by atoms with Crippen molar-refractivity contribution in [1.29, 1.82) is 0 Å². The second-order valence-corrected chi connectivity index (χ2v) is 4.80. The molecule has 0 aromatic carbocycles. The number of nitrogens with zero attached hydrogens (tertiary/aromatic N) is 2. The Balaban J connectivity index is 2.15. The van der Waals surface area contributed by atoms with Crippen LogP contribution in [-0.2, 0) is 9.59 Å². The van der Waals surface area contributed by atoms with Crippen molar-refractivity contribution in [3.8, 4) is 0 Å². The molecule has 2 aromatic heterocycles. The van der Waals surface area contributed by atoms with Gasteiger partial charge in [-0.25, -0.2) is 4.98 Å². The molecule has 0 radical (unpaired) electrons. The standard InChI is InChI=1S/C14H11N3O4/c18-7-8-2-1-5-17-12(8)15-6-10(14(17)21)9-3-4-11(19)16-13(9)20/h1-2,5-7,9H,3-4H2,(H,16,19,20). The molecule has 1 saturated heterocycles. The molecule has 7 nitrogen and oxygen atoms in total. The lowest BCUT2D eigenvalue weighted by Gasteiger charge is -2.20. The SMILES string of the molecule is O=Cc1cccn2c(=O)c(C3CCC(=O)NC3=O)cnc12. The zero-order chi connectivity index (χ0) is 15.0. The number of piperidine rings is 1. The normalized spacial score (nSPS) is 18.6. The van der Waals surface area contributed by atoms with Crippen LogP contribution in [-0.4, -0.2) is 27.5 Å². The number of fused-ring (bicyclic) bond motifs is 1. The highest BCUT2D eigenvalue weighted by Gasteiger charge is 2.30. The van der Waals surface area contributed by atoms with Crippen LogP contribution in [0.25, 0.3) is 5.65 Å². The summed E-state index contributed by atoms with van der Waals surface area (Å²) in [6.45, 7) is 0. The molecule has 0 bridgehead atoms. The third kappa shape index (κ3) is 2.12. The highest BCUT2D eigenvalue weighted by Crippen LogP contribution is 2.22. The molecule has 21 heavy (non-hydrogen) atoms. The van der Waals surface area contributed by atoms with Crippen molar-refractivity contribution in [2.75, 3.05) is 0 Å².